The number of carboxylic acids is 1. The van der Waals surface area contributed by atoms with Crippen molar-refractivity contribution in [2.45, 2.75) is 52.5 Å². The van der Waals surface area contributed by atoms with Gasteiger partial charge in [0.05, 0.1) is 6.42 Å². The Labute approximate surface area is 126 Å². The van der Waals surface area contributed by atoms with E-state index in [0.717, 1.165) is 12.8 Å². The van der Waals surface area contributed by atoms with Gasteiger partial charge in [-0.3, -0.25) is 9.59 Å². The summed E-state index contributed by atoms with van der Waals surface area (Å²) >= 11 is 0. The Morgan fingerprint density at radius 2 is 1.81 bits per heavy atom. The van der Waals surface area contributed by atoms with Crippen LogP contribution in [0.2, 0.25) is 0 Å². The van der Waals surface area contributed by atoms with Crippen molar-refractivity contribution < 1.29 is 14.7 Å². The van der Waals surface area contributed by atoms with Gasteiger partial charge in [-0.05, 0) is 30.7 Å². The van der Waals surface area contributed by atoms with Gasteiger partial charge >= 0.3 is 5.97 Å². The summed E-state index contributed by atoms with van der Waals surface area (Å²) in [5.41, 5.74) is 0.736. The number of carbonyl (C=O) groups excluding carboxylic acids is 1. The normalized spacial score (nSPS) is 12.7. The molecule has 0 bridgehead atoms. The van der Waals surface area contributed by atoms with Crippen molar-refractivity contribution in [3.63, 3.8) is 0 Å². The fourth-order valence-corrected chi connectivity index (χ4v) is 2.33. The highest BCUT2D eigenvalue weighted by Crippen LogP contribution is 2.24. The van der Waals surface area contributed by atoms with E-state index in [4.69, 9.17) is 5.11 Å². The highest BCUT2D eigenvalue weighted by atomic mass is 16.4. The van der Waals surface area contributed by atoms with Crippen molar-refractivity contribution in [1.29, 1.82) is 0 Å². The zero-order valence-corrected chi connectivity index (χ0v) is 13.1. The first kappa shape index (κ1) is 17.2. The standard InChI is InChI=1S/C17H25NO3/c1-13(9-10-14-7-5-4-6-8-14)18-15(19)11-17(2,3)12-16(20)21/h4-8,13H,9-12H2,1-3H3,(H,18,19)(H,20,21). The lowest BCUT2D eigenvalue weighted by atomic mass is 9.85. The molecule has 0 saturated carbocycles. The molecule has 4 heteroatoms. The first-order valence-corrected chi connectivity index (χ1v) is 7.33. The Hall–Kier alpha value is -1.84. The fourth-order valence-electron chi connectivity index (χ4n) is 2.33. The van der Waals surface area contributed by atoms with Crippen LogP contribution in [0.15, 0.2) is 30.3 Å². The molecule has 0 aliphatic rings. The summed E-state index contributed by atoms with van der Waals surface area (Å²) in [6.45, 7) is 5.58. The molecule has 21 heavy (non-hydrogen) atoms. The summed E-state index contributed by atoms with van der Waals surface area (Å²) in [5.74, 6) is -0.952. The smallest absolute Gasteiger partial charge is 0.303 e. The zero-order chi connectivity index (χ0) is 15.9. The van der Waals surface area contributed by atoms with Crippen molar-refractivity contribution >= 4 is 11.9 Å². The summed E-state index contributed by atoms with van der Waals surface area (Å²) in [4.78, 5) is 22.7. The number of hydrogen-bond acceptors (Lipinski definition) is 2. The van der Waals surface area contributed by atoms with E-state index in [2.05, 4.69) is 17.4 Å². The number of aliphatic carboxylic acids is 1. The summed E-state index contributed by atoms with van der Waals surface area (Å²) in [5, 5.41) is 11.8. The number of carboxylic acid groups (broad SMARTS) is 1. The topological polar surface area (TPSA) is 66.4 Å². The van der Waals surface area contributed by atoms with Crippen LogP contribution in [0.25, 0.3) is 0 Å². The molecule has 1 amide bonds. The Balaban J connectivity index is 2.35. The maximum absolute atomic E-state index is 12.0. The SMILES string of the molecule is CC(CCc1ccccc1)NC(=O)CC(C)(C)CC(=O)O. The van der Waals surface area contributed by atoms with E-state index in [0.29, 0.717) is 0 Å². The molecule has 0 fully saturated rings. The lowest BCUT2D eigenvalue weighted by Gasteiger charge is -2.23. The maximum Gasteiger partial charge on any atom is 0.303 e. The Bertz CT molecular complexity index is 468. The summed E-state index contributed by atoms with van der Waals surface area (Å²) in [6, 6.07) is 10.2. The van der Waals surface area contributed by atoms with Crippen LogP contribution in [-0.4, -0.2) is 23.0 Å². The van der Waals surface area contributed by atoms with E-state index in [1.165, 1.54) is 5.56 Å². The second-order valence-electron chi connectivity index (χ2n) is 6.40. The second-order valence-corrected chi connectivity index (χ2v) is 6.40. The molecule has 0 saturated heterocycles. The third-order valence-electron chi connectivity index (χ3n) is 3.39. The van der Waals surface area contributed by atoms with Gasteiger partial charge in [-0.25, -0.2) is 0 Å². The average molecular weight is 291 g/mol. The van der Waals surface area contributed by atoms with Crippen LogP contribution in [0.5, 0.6) is 0 Å². The van der Waals surface area contributed by atoms with Gasteiger partial charge in [-0.15, -0.1) is 0 Å². The molecule has 0 aliphatic carbocycles. The van der Waals surface area contributed by atoms with Gasteiger partial charge in [-0.1, -0.05) is 44.2 Å². The molecule has 0 radical (unpaired) electrons. The number of aryl methyl sites for hydroxylation is 1. The lowest BCUT2D eigenvalue weighted by Crippen LogP contribution is -2.36. The van der Waals surface area contributed by atoms with E-state index >= 15 is 0 Å². The van der Waals surface area contributed by atoms with Gasteiger partial charge in [0, 0.05) is 12.5 Å². The lowest BCUT2D eigenvalue weighted by molar-refractivity contribution is -0.139. The van der Waals surface area contributed by atoms with Gasteiger partial charge < -0.3 is 10.4 Å². The number of hydrogen-bond donors (Lipinski definition) is 2. The van der Waals surface area contributed by atoms with Gasteiger partial charge in [0.15, 0.2) is 0 Å². The van der Waals surface area contributed by atoms with Crippen LogP contribution < -0.4 is 5.32 Å². The van der Waals surface area contributed by atoms with Crippen LogP contribution in [0.3, 0.4) is 0 Å². The van der Waals surface area contributed by atoms with Gasteiger partial charge in [0.25, 0.3) is 0 Å². The number of amides is 1. The first-order chi connectivity index (χ1) is 9.78. The molecule has 2 N–H and O–H groups in total. The Morgan fingerprint density at radius 1 is 1.19 bits per heavy atom. The zero-order valence-electron chi connectivity index (χ0n) is 13.1. The van der Waals surface area contributed by atoms with Crippen LogP contribution in [-0.2, 0) is 16.0 Å². The number of rotatable bonds is 8. The quantitative estimate of drug-likeness (QED) is 0.773. The van der Waals surface area contributed by atoms with Crippen molar-refractivity contribution in [3.05, 3.63) is 35.9 Å². The van der Waals surface area contributed by atoms with E-state index in [1.54, 1.807) is 13.8 Å². The first-order valence-electron chi connectivity index (χ1n) is 7.33. The van der Waals surface area contributed by atoms with Crippen molar-refractivity contribution in [2.75, 3.05) is 0 Å². The largest absolute Gasteiger partial charge is 0.481 e. The molecule has 0 heterocycles. The summed E-state index contributed by atoms with van der Waals surface area (Å²) in [7, 11) is 0. The second kappa shape index (κ2) is 7.81. The number of nitrogens with one attached hydrogen (secondary N) is 1. The predicted octanol–water partition coefficient (Wildman–Crippen LogP) is 3.01. The average Bonchev–Trinajstić information content (AvgIpc) is 2.35. The van der Waals surface area contributed by atoms with Crippen LogP contribution in [0.1, 0.15) is 45.6 Å². The molecule has 116 valence electrons. The maximum atomic E-state index is 12.0. The van der Waals surface area contributed by atoms with Gasteiger partial charge in [0.1, 0.15) is 0 Å². The van der Waals surface area contributed by atoms with Crippen molar-refractivity contribution in [1.82, 2.24) is 5.32 Å². The molecule has 1 aromatic carbocycles. The minimum atomic E-state index is -0.870. The Kier molecular flexibility index (Phi) is 6.40. The molecule has 0 aromatic heterocycles. The van der Waals surface area contributed by atoms with Crippen LogP contribution >= 0.6 is 0 Å². The molecular formula is C17H25NO3. The van der Waals surface area contributed by atoms with E-state index in [-0.39, 0.29) is 24.8 Å². The third kappa shape index (κ3) is 7.49. The van der Waals surface area contributed by atoms with Gasteiger partial charge in [0.2, 0.25) is 5.91 Å². The fraction of sp³-hybridized carbons (Fsp3) is 0.529. The van der Waals surface area contributed by atoms with Crippen molar-refractivity contribution in [2.24, 2.45) is 5.41 Å². The van der Waals surface area contributed by atoms with Crippen LogP contribution in [0.4, 0.5) is 0 Å². The number of carbonyl (C=O) groups is 2. The van der Waals surface area contributed by atoms with E-state index in [1.807, 2.05) is 25.1 Å². The molecule has 0 spiro atoms. The third-order valence-corrected chi connectivity index (χ3v) is 3.39. The minimum absolute atomic E-state index is 0.00117. The molecule has 0 aliphatic heterocycles. The van der Waals surface area contributed by atoms with E-state index < -0.39 is 11.4 Å². The highest BCUT2D eigenvalue weighted by Gasteiger charge is 2.25. The molecule has 1 rings (SSSR count). The summed E-state index contributed by atoms with van der Waals surface area (Å²) in [6.07, 6.45) is 2.02. The molecule has 1 unspecified atom stereocenters. The molecule has 4 nitrogen and oxygen atoms in total. The summed E-state index contributed by atoms with van der Waals surface area (Å²) < 4.78 is 0. The van der Waals surface area contributed by atoms with Gasteiger partial charge in [-0.2, -0.15) is 0 Å². The minimum Gasteiger partial charge on any atom is -0.481 e. The Morgan fingerprint density at radius 3 is 2.38 bits per heavy atom. The van der Waals surface area contributed by atoms with Crippen LogP contribution in [0, 0.1) is 5.41 Å². The highest BCUT2D eigenvalue weighted by molar-refractivity contribution is 5.78. The molecular weight excluding hydrogens is 266 g/mol. The predicted molar refractivity (Wildman–Crippen MR) is 83.0 cm³/mol. The molecule has 1 atom stereocenters. The van der Waals surface area contributed by atoms with Crippen molar-refractivity contribution in [3.8, 4) is 0 Å². The van der Waals surface area contributed by atoms with E-state index in [9.17, 15) is 9.59 Å². The number of benzene rings is 1. The molecule has 1 aromatic rings. The monoisotopic (exact) mass is 291 g/mol.